The maximum atomic E-state index is 12.3. The van der Waals surface area contributed by atoms with E-state index in [1.54, 1.807) is 0 Å². The second-order valence-electron chi connectivity index (χ2n) is 2.36. The fraction of sp³-hybridized carbons (Fsp3) is 1.00. The van der Waals surface area contributed by atoms with Crippen LogP contribution in [0.1, 0.15) is 0 Å². The Bertz CT molecular complexity index is 227. The standard InChI is InChI=1S/C4F10IP/c5-1(6,7)3(11,12)16(15)4(13,14)2(8,9)10. The van der Waals surface area contributed by atoms with Gasteiger partial charge in [0, 0.05) is 0 Å². The molecule has 0 N–H and O–H groups in total. The van der Waals surface area contributed by atoms with Gasteiger partial charge in [0.2, 0.25) is 0 Å². The van der Waals surface area contributed by atoms with E-state index in [4.69, 9.17) is 0 Å². The minimum Gasteiger partial charge on any atom is -0.190 e. The lowest BCUT2D eigenvalue weighted by molar-refractivity contribution is -0.260. The van der Waals surface area contributed by atoms with Gasteiger partial charge in [-0.05, 0) is 22.0 Å². The minimum absolute atomic E-state index is 0.198. The average Bonchev–Trinajstić information content (AvgIpc) is 1.98. The third kappa shape index (κ3) is 2.82. The van der Waals surface area contributed by atoms with Crippen LogP contribution >= 0.6 is 27.6 Å². The summed E-state index contributed by atoms with van der Waals surface area (Å²) < 4.78 is 118. The lowest BCUT2D eigenvalue weighted by Crippen LogP contribution is -2.43. The molecule has 0 heterocycles. The van der Waals surface area contributed by atoms with Crippen molar-refractivity contribution in [3.05, 3.63) is 0 Å². The molecule has 0 amide bonds. The molecule has 12 heteroatoms. The Morgan fingerprint density at radius 2 is 0.750 bits per heavy atom. The molecule has 0 spiro atoms. The second-order valence-corrected chi connectivity index (χ2v) is 6.94. The van der Waals surface area contributed by atoms with Crippen LogP contribution in [0.4, 0.5) is 43.9 Å². The van der Waals surface area contributed by atoms with E-state index in [-0.39, 0.29) is 22.0 Å². The van der Waals surface area contributed by atoms with Crippen molar-refractivity contribution in [2.75, 3.05) is 0 Å². The summed E-state index contributed by atoms with van der Waals surface area (Å²) in [5.41, 5.74) is -17.2. The summed E-state index contributed by atoms with van der Waals surface area (Å²) in [4.78, 5) is 0. The first-order valence-corrected chi connectivity index (χ1v) is 7.13. The monoisotopic (exact) mass is 396 g/mol. The number of rotatable bonds is 2. The maximum Gasteiger partial charge on any atom is 0.458 e. The molecule has 0 aromatic carbocycles. The molecule has 0 aliphatic rings. The third-order valence-electron chi connectivity index (χ3n) is 1.18. The van der Waals surface area contributed by atoms with Gasteiger partial charge in [-0.25, -0.2) is 0 Å². The van der Waals surface area contributed by atoms with Crippen LogP contribution in [-0.2, 0) is 0 Å². The fourth-order valence-corrected chi connectivity index (χ4v) is 2.84. The van der Waals surface area contributed by atoms with Gasteiger partial charge in [-0.15, -0.1) is 0 Å². The van der Waals surface area contributed by atoms with E-state index < -0.39 is 29.2 Å². The highest BCUT2D eigenvalue weighted by molar-refractivity contribution is 14.2. The van der Waals surface area contributed by atoms with Crippen LogP contribution in [0.15, 0.2) is 0 Å². The van der Waals surface area contributed by atoms with Gasteiger partial charge in [-0.1, -0.05) is 0 Å². The molecule has 0 aliphatic heterocycles. The third-order valence-corrected chi connectivity index (χ3v) is 6.30. The molecule has 0 saturated heterocycles. The predicted molar refractivity (Wildman–Crippen MR) is 42.9 cm³/mol. The first-order valence-electron chi connectivity index (χ1n) is 3.01. The first kappa shape index (κ1) is 16.5. The van der Waals surface area contributed by atoms with Crippen molar-refractivity contribution in [1.82, 2.24) is 0 Å². The molecule has 16 heavy (non-hydrogen) atoms. The van der Waals surface area contributed by atoms with Crippen LogP contribution in [0.3, 0.4) is 0 Å². The molecule has 0 aromatic rings. The van der Waals surface area contributed by atoms with E-state index in [0.29, 0.717) is 0 Å². The first-order chi connectivity index (χ1) is 6.65. The number of hydrogen-bond acceptors (Lipinski definition) is 0. The number of hydrogen-bond donors (Lipinski definition) is 0. The molecular formula is C4F10IP. The van der Waals surface area contributed by atoms with Crippen LogP contribution in [0.25, 0.3) is 0 Å². The molecule has 0 aromatic heterocycles. The average molecular weight is 396 g/mol. The Balaban J connectivity index is 5.30. The van der Waals surface area contributed by atoms with Gasteiger partial charge < -0.3 is 0 Å². The summed E-state index contributed by atoms with van der Waals surface area (Å²) in [6, 6.07) is 0. The highest BCUT2D eigenvalue weighted by Gasteiger charge is 2.75. The normalized spacial score (nSPS) is 15.8. The predicted octanol–water partition coefficient (Wildman–Crippen LogP) is 5.13. The van der Waals surface area contributed by atoms with E-state index in [2.05, 4.69) is 0 Å². The van der Waals surface area contributed by atoms with Crippen LogP contribution in [-0.4, -0.2) is 23.7 Å². The zero-order chi connectivity index (χ0) is 13.6. The summed E-state index contributed by atoms with van der Waals surface area (Å²) in [7, 11) is 0. The molecule has 0 unspecified atom stereocenters. The largest absolute Gasteiger partial charge is 0.458 e. The van der Waals surface area contributed by atoms with Crippen molar-refractivity contribution in [3.8, 4) is 0 Å². The summed E-state index contributed by atoms with van der Waals surface area (Å²) in [6.07, 6.45) is -12.9. The molecule has 0 atom stereocenters. The molecule has 0 nitrogen and oxygen atoms in total. The van der Waals surface area contributed by atoms with Crippen molar-refractivity contribution in [2.24, 2.45) is 0 Å². The van der Waals surface area contributed by atoms with Crippen molar-refractivity contribution in [2.45, 2.75) is 23.7 Å². The van der Waals surface area contributed by atoms with Crippen molar-refractivity contribution in [3.63, 3.8) is 0 Å². The minimum atomic E-state index is -6.45. The molecule has 0 rings (SSSR count). The molecule has 0 aliphatic carbocycles. The second kappa shape index (κ2) is 4.29. The SMILES string of the molecule is FC(F)(F)C(F)(F)P(I)C(F)(F)C(F)(F)F. The highest BCUT2D eigenvalue weighted by atomic mass is 127. The van der Waals surface area contributed by atoms with Crippen LogP contribution in [0, 0.1) is 0 Å². The number of alkyl halides is 10. The van der Waals surface area contributed by atoms with E-state index in [1.165, 1.54) is 0 Å². The van der Waals surface area contributed by atoms with Crippen LogP contribution in [0.2, 0.25) is 0 Å². The zero-order valence-electron chi connectivity index (χ0n) is 6.60. The molecule has 0 bridgehead atoms. The van der Waals surface area contributed by atoms with Crippen molar-refractivity contribution in [1.29, 1.82) is 0 Å². The Morgan fingerprint density at radius 1 is 0.562 bits per heavy atom. The van der Waals surface area contributed by atoms with Gasteiger partial charge in [0.25, 0.3) is 0 Å². The van der Waals surface area contributed by atoms with Crippen molar-refractivity contribution >= 4 is 27.6 Å². The van der Waals surface area contributed by atoms with Gasteiger partial charge in [-0.3, -0.25) is 0 Å². The Hall–Kier alpha value is 0.460. The van der Waals surface area contributed by atoms with Crippen molar-refractivity contribution < 1.29 is 43.9 Å². The van der Waals surface area contributed by atoms with E-state index in [1.807, 2.05) is 0 Å². The van der Waals surface area contributed by atoms with E-state index in [0.717, 1.165) is 0 Å². The van der Waals surface area contributed by atoms with Gasteiger partial charge >= 0.3 is 23.7 Å². The zero-order valence-corrected chi connectivity index (χ0v) is 9.66. The molecule has 98 valence electrons. The van der Waals surface area contributed by atoms with Gasteiger partial charge in [-0.2, -0.15) is 43.9 Å². The smallest absolute Gasteiger partial charge is 0.190 e. The molecular weight excluding hydrogens is 396 g/mol. The Morgan fingerprint density at radius 3 is 0.875 bits per heavy atom. The van der Waals surface area contributed by atoms with Gasteiger partial charge in [0.1, 0.15) is 5.56 Å². The topological polar surface area (TPSA) is 0 Å². The summed E-state index contributed by atoms with van der Waals surface area (Å²) in [5, 5.41) is 0. The summed E-state index contributed by atoms with van der Waals surface area (Å²) in [5.74, 6) is 0. The molecule has 0 saturated carbocycles. The highest BCUT2D eigenvalue weighted by Crippen LogP contribution is 2.75. The van der Waals surface area contributed by atoms with E-state index >= 15 is 0 Å². The van der Waals surface area contributed by atoms with Gasteiger partial charge in [0.05, 0.1) is 0 Å². The molecule has 0 fully saturated rings. The van der Waals surface area contributed by atoms with E-state index in [9.17, 15) is 43.9 Å². The van der Waals surface area contributed by atoms with Gasteiger partial charge in [0.15, 0.2) is 0 Å². The van der Waals surface area contributed by atoms with Crippen LogP contribution < -0.4 is 0 Å². The summed E-state index contributed by atoms with van der Waals surface area (Å²) >= 11 is -0.198. The fourth-order valence-electron chi connectivity index (χ4n) is 0.399. The maximum absolute atomic E-state index is 12.3. The summed E-state index contributed by atoms with van der Waals surface area (Å²) in [6.45, 7) is 0. The Labute approximate surface area is 95.6 Å². The lowest BCUT2D eigenvalue weighted by Gasteiger charge is -2.31. The van der Waals surface area contributed by atoms with Crippen LogP contribution in [0.5, 0.6) is 0 Å². The lowest BCUT2D eigenvalue weighted by atomic mass is 10.7. The Kier molecular flexibility index (Phi) is 4.41. The molecule has 0 radical (unpaired) electrons. The quantitative estimate of drug-likeness (QED) is 0.345. The number of halogens is 11.